The van der Waals surface area contributed by atoms with Crippen LogP contribution in [0, 0.1) is 5.92 Å². The lowest BCUT2D eigenvalue weighted by molar-refractivity contribution is 0.268. The maximum absolute atomic E-state index is 12.1. The summed E-state index contributed by atoms with van der Waals surface area (Å²) < 4.78 is 32.2. The molecule has 0 bridgehead atoms. The molecule has 0 unspecified atom stereocenters. The van der Waals surface area contributed by atoms with Gasteiger partial charge in [-0.3, -0.25) is 0 Å². The Morgan fingerprint density at radius 3 is 2.63 bits per heavy atom. The lowest BCUT2D eigenvalue weighted by Crippen LogP contribution is -2.43. The van der Waals surface area contributed by atoms with Crippen molar-refractivity contribution in [2.24, 2.45) is 5.92 Å². The first kappa shape index (κ1) is 14.6. The summed E-state index contributed by atoms with van der Waals surface area (Å²) in [4.78, 5) is 0. The maximum atomic E-state index is 12.1. The number of sulfonamides is 1. The number of hydrogen-bond acceptors (Lipinski definition) is 4. The first-order valence-electron chi connectivity index (χ1n) is 6.71. The van der Waals surface area contributed by atoms with Crippen LogP contribution in [0.3, 0.4) is 0 Å². The Morgan fingerprint density at radius 2 is 2.05 bits per heavy atom. The van der Waals surface area contributed by atoms with Gasteiger partial charge in [0.2, 0.25) is 5.09 Å². The molecule has 19 heavy (non-hydrogen) atoms. The van der Waals surface area contributed by atoms with Gasteiger partial charge in [-0.05, 0) is 30.9 Å². The van der Waals surface area contributed by atoms with Crippen molar-refractivity contribution in [3.63, 3.8) is 0 Å². The van der Waals surface area contributed by atoms with Crippen molar-refractivity contribution in [3.8, 4) is 0 Å². The minimum Gasteiger partial charge on any atom is -0.447 e. The molecule has 0 saturated heterocycles. The third kappa shape index (κ3) is 3.81. The van der Waals surface area contributed by atoms with E-state index < -0.39 is 10.0 Å². The molecule has 1 aliphatic carbocycles. The molecule has 1 aliphatic rings. The fourth-order valence-corrected chi connectivity index (χ4v) is 3.39. The molecule has 5 nitrogen and oxygen atoms in total. The Kier molecular flexibility index (Phi) is 4.32. The SMILES string of the molecule is CC1CC(NS(=O)(=O)c2ccc(CNC(C)C)o2)C1. The summed E-state index contributed by atoms with van der Waals surface area (Å²) in [5.41, 5.74) is 0. The van der Waals surface area contributed by atoms with Crippen molar-refractivity contribution < 1.29 is 12.8 Å². The molecule has 2 rings (SSSR count). The van der Waals surface area contributed by atoms with Gasteiger partial charge >= 0.3 is 0 Å². The molecule has 0 atom stereocenters. The molecule has 6 heteroatoms. The van der Waals surface area contributed by atoms with E-state index in [1.54, 1.807) is 6.07 Å². The molecule has 0 aliphatic heterocycles. The molecule has 1 heterocycles. The van der Waals surface area contributed by atoms with Gasteiger partial charge in [0, 0.05) is 12.1 Å². The minimum absolute atomic E-state index is 0.00705. The van der Waals surface area contributed by atoms with E-state index in [-0.39, 0.29) is 11.1 Å². The monoisotopic (exact) mass is 286 g/mol. The van der Waals surface area contributed by atoms with E-state index in [1.165, 1.54) is 6.07 Å². The second-order valence-corrected chi connectivity index (χ2v) is 7.30. The molecule has 0 amide bonds. The highest BCUT2D eigenvalue weighted by molar-refractivity contribution is 7.89. The van der Waals surface area contributed by atoms with Crippen LogP contribution in [0.25, 0.3) is 0 Å². The van der Waals surface area contributed by atoms with Crippen molar-refractivity contribution >= 4 is 10.0 Å². The normalized spacial score (nSPS) is 23.6. The Balaban J connectivity index is 1.96. The van der Waals surface area contributed by atoms with Crippen LogP contribution in [0.4, 0.5) is 0 Å². The first-order valence-corrected chi connectivity index (χ1v) is 8.19. The zero-order valence-corrected chi connectivity index (χ0v) is 12.5. The summed E-state index contributed by atoms with van der Waals surface area (Å²) in [6, 6.07) is 3.61. The van der Waals surface area contributed by atoms with Gasteiger partial charge in [-0.1, -0.05) is 20.8 Å². The van der Waals surface area contributed by atoms with E-state index in [4.69, 9.17) is 4.42 Å². The third-order valence-corrected chi connectivity index (χ3v) is 4.67. The van der Waals surface area contributed by atoms with Gasteiger partial charge in [0.1, 0.15) is 5.76 Å². The standard InChI is InChI=1S/C13H22N2O3S/c1-9(2)14-8-12-4-5-13(18-12)19(16,17)15-11-6-10(3)7-11/h4-5,9-11,14-15H,6-8H2,1-3H3. The Morgan fingerprint density at radius 1 is 1.37 bits per heavy atom. The van der Waals surface area contributed by atoms with Crippen LogP contribution in [0.2, 0.25) is 0 Å². The lowest BCUT2D eigenvalue weighted by Gasteiger charge is -2.32. The van der Waals surface area contributed by atoms with E-state index in [0.29, 0.717) is 24.3 Å². The molecule has 1 fully saturated rings. The lowest BCUT2D eigenvalue weighted by atomic mass is 9.83. The first-order chi connectivity index (χ1) is 8.87. The van der Waals surface area contributed by atoms with E-state index in [0.717, 1.165) is 12.8 Å². The smallest absolute Gasteiger partial charge is 0.274 e. The summed E-state index contributed by atoms with van der Waals surface area (Å²) in [5.74, 6) is 1.24. The quantitative estimate of drug-likeness (QED) is 0.837. The summed E-state index contributed by atoms with van der Waals surface area (Å²) in [7, 11) is -3.51. The highest BCUT2D eigenvalue weighted by Crippen LogP contribution is 2.28. The van der Waals surface area contributed by atoms with Crippen molar-refractivity contribution in [3.05, 3.63) is 17.9 Å². The van der Waals surface area contributed by atoms with Crippen LogP contribution in [0.5, 0.6) is 0 Å². The van der Waals surface area contributed by atoms with Gasteiger partial charge in [0.05, 0.1) is 6.54 Å². The van der Waals surface area contributed by atoms with Crippen molar-refractivity contribution in [1.82, 2.24) is 10.0 Å². The molecule has 1 aromatic rings. The Bertz CT molecular complexity index is 516. The van der Waals surface area contributed by atoms with E-state index >= 15 is 0 Å². The number of hydrogen-bond donors (Lipinski definition) is 2. The summed E-state index contributed by atoms with van der Waals surface area (Å²) in [5, 5.41) is 3.19. The zero-order chi connectivity index (χ0) is 14.0. The fraction of sp³-hybridized carbons (Fsp3) is 0.692. The molecule has 108 valence electrons. The molecule has 0 spiro atoms. The second kappa shape index (κ2) is 5.64. The van der Waals surface area contributed by atoms with Crippen LogP contribution in [0.1, 0.15) is 39.4 Å². The fourth-order valence-electron chi connectivity index (χ4n) is 2.18. The highest BCUT2D eigenvalue weighted by atomic mass is 32.2. The van der Waals surface area contributed by atoms with Crippen molar-refractivity contribution in [2.45, 2.75) is 57.3 Å². The van der Waals surface area contributed by atoms with Crippen LogP contribution in [0.15, 0.2) is 21.6 Å². The molecule has 0 aromatic carbocycles. The number of nitrogens with one attached hydrogen (secondary N) is 2. The Hall–Kier alpha value is -0.850. The van der Waals surface area contributed by atoms with Gasteiger partial charge in [0.15, 0.2) is 0 Å². The van der Waals surface area contributed by atoms with Gasteiger partial charge in [0.25, 0.3) is 10.0 Å². The van der Waals surface area contributed by atoms with Crippen LogP contribution in [-0.2, 0) is 16.6 Å². The summed E-state index contributed by atoms with van der Waals surface area (Å²) >= 11 is 0. The van der Waals surface area contributed by atoms with Gasteiger partial charge in [-0.15, -0.1) is 0 Å². The largest absolute Gasteiger partial charge is 0.447 e. The van der Waals surface area contributed by atoms with E-state index in [1.807, 2.05) is 13.8 Å². The zero-order valence-electron chi connectivity index (χ0n) is 11.6. The van der Waals surface area contributed by atoms with Gasteiger partial charge in [-0.25, -0.2) is 13.1 Å². The molecule has 1 aromatic heterocycles. The van der Waals surface area contributed by atoms with E-state index in [9.17, 15) is 8.42 Å². The van der Waals surface area contributed by atoms with E-state index in [2.05, 4.69) is 17.0 Å². The molecular formula is C13H22N2O3S. The van der Waals surface area contributed by atoms with Gasteiger partial charge in [-0.2, -0.15) is 0 Å². The highest BCUT2D eigenvalue weighted by Gasteiger charge is 2.31. The average molecular weight is 286 g/mol. The minimum atomic E-state index is -3.51. The number of furan rings is 1. The van der Waals surface area contributed by atoms with Crippen LogP contribution < -0.4 is 10.0 Å². The second-order valence-electron chi connectivity index (χ2n) is 5.65. The van der Waals surface area contributed by atoms with Crippen molar-refractivity contribution in [1.29, 1.82) is 0 Å². The predicted octanol–water partition coefficient (Wildman–Crippen LogP) is 1.85. The molecule has 0 radical (unpaired) electrons. The van der Waals surface area contributed by atoms with Crippen LogP contribution >= 0.6 is 0 Å². The molecule has 1 saturated carbocycles. The Labute approximate surface area is 114 Å². The topological polar surface area (TPSA) is 71.3 Å². The van der Waals surface area contributed by atoms with Gasteiger partial charge < -0.3 is 9.73 Å². The molecular weight excluding hydrogens is 264 g/mol. The average Bonchev–Trinajstić information content (AvgIpc) is 2.73. The molecule has 2 N–H and O–H groups in total. The number of rotatable bonds is 6. The summed E-state index contributed by atoms with van der Waals surface area (Å²) in [6.07, 6.45) is 1.81. The maximum Gasteiger partial charge on any atom is 0.274 e. The summed E-state index contributed by atoms with van der Waals surface area (Å²) in [6.45, 7) is 6.71. The third-order valence-electron chi connectivity index (χ3n) is 3.28. The van der Waals surface area contributed by atoms with Crippen molar-refractivity contribution in [2.75, 3.05) is 0 Å². The van der Waals surface area contributed by atoms with Crippen LogP contribution in [-0.4, -0.2) is 20.5 Å². The predicted molar refractivity (Wildman–Crippen MR) is 73.2 cm³/mol.